The Morgan fingerprint density at radius 3 is 2.67 bits per heavy atom. The largest absolute Gasteiger partial charge is 0.376 e. The molecule has 0 saturated carbocycles. The normalized spacial score (nSPS) is 18.2. The fraction of sp³-hybridized carbons (Fsp3) is 0.562. The summed E-state index contributed by atoms with van der Waals surface area (Å²) in [6.07, 6.45) is 2.64. The third-order valence-electron chi connectivity index (χ3n) is 3.41. The SMILES string of the molecule is CCNC(=NCc1ccc(C)cc1)NCC1CCCO1.I. The first-order valence-electron chi connectivity index (χ1n) is 7.47. The van der Waals surface area contributed by atoms with Crippen LogP contribution in [-0.4, -0.2) is 31.8 Å². The third-order valence-corrected chi connectivity index (χ3v) is 3.41. The zero-order valence-corrected chi connectivity index (χ0v) is 15.2. The Labute approximate surface area is 144 Å². The van der Waals surface area contributed by atoms with E-state index in [0.717, 1.165) is 32.1 Å². The molecule has 0 spiro atoms. The number of hydrogen-bond acceptors (Lipinski definition) is 2. The van der Waals surface area contributed by atoms with Crippen LogP contribution in [0.5, 0.6) is 0 Å². The Kier molecular flexibility index (Phi) is 8.68. The van der Waals surface area contributed by atoms with Crippen molar-refractivity contribution in [2.75, 3.05) is 19.7 Å². The van der Waals surface area contributed by atoms with Crippen molar-refractivity contribution in [1.82, 2.24) is 10.6 Å². The van der Waals surface area contributed by atoms with Crippen LogP contribution in [0.1, 0.15) is 30.9 Å². The number of aryl methyl sites for hydroxylation is 1. The number of nitrogens with zero attached hydrogens (tertiary/aromatic N) is 1. The number of ether oxygens (including phenoxy) is 1. The van der Waals surface area contributed by atoms with Crippen LogP contribution in [-0.2, 0) is 11.3 Å². The van der Waals surface area contributed by atoms with E-state index in [1.54, 1.807) is 0 Å². The molecule has 1 aromatic rings. The molecule has 1 aromatic carbocycles. The van der Waals surface area contributed by atoms with Gasteiger partial charge in [-0.15, -0.1) is 24.0 Å². The van der Waals surface area contributed by atoms with Gasteiger partial charge in [-0.3, -0.25) is 0 Å². The molecule has 1 unspecified atom stereocenters. The third kappa shape index (κ3) is 6.65. The molecule has 1 atom stereocenters. The van der Waals surface area contributed by atoms with Gasteiger partial charge in [0.05, 0.1) is 12.6 Å². The second kappa shape index (κ2) is 10.00. The second-order valence-electron chi connectivity index (χ2n) is 5.20. The van der Waals surface area contributed by atoms with Gasteiger partial charge in [-0.1, -0.05) is 29.8 Å². The summed E-state index contributed by atoms with van der Waals surface area (Å²) in [5.41, 5.74) is 2.51. The first kappa shape index (κ1) is 18.2. The average Bonchev–Trinajstić information content (AvgIpc) is 2.97. The van der Waals surface area contributed by atoms with E-state index in [-0.39, 0.29) is 24.0 Å². The van der Waals surface area contributed by atoms with Gasteiger partial charge in [-0.05, 0) is 32.3 Å². The number of aliphatic imine (C=N–C) groups is 1. The zero-order chi connectivity index (χ0) is 14.2. The molecular formula is C16H26IN3O. The number of hydrogen-bond donors (Lipinski definition) is 2. The lowest BCUT2D eigenvalue weighted by Crippen LogP contribution is -2.41. The zero-order valence-electron chi connectivity index (χ0n) is 12.9. The minimum absolute atomic E-state index is 0. The maximum absolute atomic E-state index is 5.61. The highest BCUT2D eigenvalue weighted by atomic mass is 127. The van der Waals surface area contributed by atoms with Crippen molar-refractivity contribution in [2.24, 2.45) is 4.99 Å². The quantitative estimate of drug-likeness (QED) is 0.452. The van der Waals surface area contributed by atoms with Crippen LogP contribution in [0.3, 0.4) is 0 Å². The van der Waals surface area contributed by atoms with Crippen molar-refractivity contribution >= 4 is 29.9 Å². The highest BCUT2D eigenvalue weighted by Gasteiger charge is 2.15. The highest BCUT2D eigenvalue weighted by molar-refractivity contribution is 14.0. The van der Waals surface area contributed by atoms with Gasteiger partial charge < -0.3 is 15.4 Å². The number of benzene rings is 1. The van der Waals surface area contributed by atoms with Gasteiger partial charge in [-0.25, -0.2) is 4.99 Å². The molecule has 1 aliphatic heterocycles. The summed E-state index contributed by atoms with van der Waals surface area (Å²) in [6, 6.07) is 8.50. The van der Waals surface area contributed by atoms with E-state index in [1.807, 2.05) is 0 Å². The molecule has 1 heterocycles. The molecule has 21 heavy (non-hydrogen) atoms. The smallest absolute Gasteiger partial charge is 0.191 e. The molecule has 5 heteroatoms. The van der Waals surface area contributed by atoms with E-state index in [9.17, 15) is 0 Å². The highest BCUT2D eigenvalue weighted by Crippen LogP contribution is 2.10. The topological polar surface area (TPSA) is 45.7 Å². The molecule has 0 amide bonds. The Hall–Kier alpha value is -0.820. The van der Waals surface area contributed by atoms with Gasteiger partial charge in [0, 0.05) is 19.7 Å². The van der Waals surface area contributed by atoms with Crippen molar-refractivity contribution in [1.29, 1.82) is 0 Å². The van der Waals surface area contributed by atoms with Gasteiger partial charge in [0.1, 0.15) is 0 Å². The summed E-state index contributed by atoms with van der Waals surface area (Å²) < 4.78 is 5.61. The van der Waals surface area contributed by atoms with Crippen molar-refractivity contribution in [3.05, 3.63) is 35.4 Å². The standard InChI is InChI=1S/C16H25N3O.HI/c1-3-17-16(19-12-15-5-4-10-20-15)18-11-14-8-6-13(2)7-9-14;/h6-9,15H,3-5,10-12H2,1-2H3,(H2,17,18,19);1H. The van der Waals surface area contributed by atoms with Gasteiger partial charge >= 0.3 is 0 Å². The molecule has 0 bridgehead atoms. The van der Waals surface area contributed by atoms with Crippen LogP contribution in [0.25, 0.3) is 0 Å². The van der Waals surface area contributed by atoms with Crippen molar-refractivity contribution in [3.63, 3.8) is 0 Å². The van der Waals surface area contributed by atoms with Crippen LogP contribution in [0, 0.1) is 6.92 Å². The molecule has 1 saturated heterocycles. The summed E-state index contributed by atoms with van der Waals surface area (Å²) in [5.74, 6) is 0.864. The summed E-state index contributed by atoms with van der Waals surface area (Å²) in [7, 11) is 0. The van der Waals surface area contributed by atoms with Gasteiger partial charge in [0.15, 0.2) is 5.96 Å². The predicted octanol–water partition coefficient (Wildman–Crippen LogP) is 2.85. The van der Waals surface area contributed by atoms with Crippen LogP contribution in [0.2, 0.25) is 0 Å². The number of halogens is 1. The lowest BCUT2D eigenvalue weighted by molar-refractivity contribution is 0.114. The lowest BCUT2D eigenvalue weighted by atomic mass is 10.1. The van der Waals surface area contributed by atoms with E-state index in [4.69, 9.17) is 4.74 Å². The average molecular weight is 403 g/mol. The first-order valence-corrected chi connectivity index (χ1v) is 7.47. The minimum atomic E-state index is 0. The summed E-state index contributed by atoms with van der Waals surface area (Å²) in [6.45, 7) is 7.46. The molecule has 1 aliphatic rings. The van der Waals surface area contributed by atoms with Crippen LogP contribution >= 0.6 is 24.0 Å². The molecule has 4 nitrogen and oxygen atoms in total. The molecule has 0 aliphatic carbocycles. The molecular weight excluding hydrogens is 377 g/mol. The molecule has 0 aromatic heterocycles. The van der Waals surface area contributed by atoms with E-state index >= 15 is 0 Å². The Morgan fingerprint density at radius 1 is 1.29 bits per heavy atom. The number of rotatable bonds is 5. The van der Waals surface area contributed by atoms with Crippen molar-refractivity contribution < 1.29 is 4.74 Å². The van der Waals surface area contributed by atoms with E-state index in [2.05, 4.69) is 53.7 Å². The van der Waals surface area contributed by atoms with Crippen LogP contribution in [0.15, 0.2) is 29.3 Å². The molecule has 2 rings (SSSR count). The second-order valence-corrected chi connectivity index (χ2v) is 5.20. The summed E-state index contributed by atoms with van der Waals surface area (Å²) in [5, 5.41) is 6.63. The maximum atomic E-state index is 5.61. The minimum Gasteiger partial charge on any atom is -0.376 e. The van der Waals surface area contributed by atoms with Gasteiger partial charge in [-0.2, -0.15) is 0 Å². The van der Waals surface area contributed by atoms with Crippen LogP contribution < -0.4 is 10.6 Å². The van der Waals surface area contributed by atoms with Crippen molar-refractivity contribution in [2.45, 2.75) is 39.3 Å². The van der Waals surface area contributed by atoms with Crippen molar-refractivity contribution in [3.8, 4) is 0 Å². The lowest BCUT2D eigenvalue weighted by Gasteiger charge is -2.14. The molecule has 118 valence electrons. The molecule has 0 radical (unpaired) electrons. The van der Waals surface area contributed by atoms with Gasteiger partial charge in [0.2, 0.25) is 0 Å². The fourth-order valence-electron chi connectivity index (χ4n) is 2.22. The van der Waals surface area contributed by atoms with Crippen LogP contribution in [0.4, 0.5) is 0 Å². The Bertz CT molecular complexity index is 428. The van der Waals surface area contributed by atoms with E-state index in [0.29, 0.717) is 12.6 Å². The van der Waals surface area contributed by atoms with E-state index < -0.39 is 0 Å². The monoisotopic (exact) mass is 403 g/mol. The molecule has 1 fully saturated rings. The predicted molar refractivity (Wildman–Crippen MR) is 98.4 cm³/mol. The maximum Gasteiger partial charge on any atom is 0.191 e. The Balaban J connectivity index is 0.00000220. The summed E-state index contributed by atoms with van der Waals surface area (Å²) in [4.78, 5) is 4.61. The van der Waals surface area contributed by atoms with Gasteiger partial charge in [0.25, 0.3) is 0 Å². The number of guanidine groups is 1. The number of nitrogens with one attached hydrogen (secondary N) is 2. The fourth-order valence-corrected chi connectivity index (χ4v) is 2.22. The summed E-state index contributed by atoms with van der Waals surface area (Å²) >= 11 is 0. The molecule has 2 N–H and O–H groups in total. The van der Waals surface area contributed by atoms with E-state index in [1.165, 1.54) is 17.5 Å². The Morgan fingerprint density at radius 2 is 2.05 bits per heavy atom. The first-order chi connectivity index (χ1) is 9.78.